The molecule has 1 aliphatic heterocycles. The maximum absolute atomic E-state index is 12.4. The number of nitriles is 1. The standard InChI is InChI=1S/C19H18N2O4/c20-12-16(19(23)21-8-10-24-11-9-21)17(22)13-25-18-7-3-5-14-4-1-2-6-15(14)18/h1-7,16H,8-11,13H2. The van der Waals surface area contributed by atoms with Gasteiger partial charge in [-0.1, -0.05) is 36.4 Å². The number of hydrogen-bond acceptors (Lipinski definition) is 5. The number of fused-ring (bicyclic) bond motifs is 1. The van der Waals surface area contributed by atoms with Crippen molar-refractivity contribution in [1.82, 2.24) is 4.90 Å². The zero-order valence-corrected chi connectivity index (χ0v) is 13.7. The Hall–Kier alpha value is -2.91. The van der Waals surface area contributed by atoms with Crippen molar-refractivity contribution in [2.24, 2.45) is 5.92 Å². The third-order valence-corrected chi connectivity index (χ3v) is 4.14. The Morgan fingerprint density at radius 2 is 1.88 bits per heavy atom. The second-order valence-corrected chi connectivity index (χ2v) is 5.73. The average Bonchev–Trinajstić information content (AvgIpc) is 2.67. The Bertz CT molecular complexity index is 816. The van der Waals surface area contributed by atoms with Gasteiger partial charge in [0.25, 0.3) is 0 Å². The van der Waals surface area contributed by atoms with Gasteiger partial charge in [-0.25, -0.2) is 0 Å². The van der Waals surface area contributed by atoms with Crippen molar-refractivity contribution in [2.45, 2.75) is 0 Å². The third-order valence-electron chi connectivity index (χ3n) is 4.14. The lowest BCUT2D eigenvalue weighted by molar-refractivity contribution is -0.142. The molecule has 3 rings (SSSR count). The van der Waals surface area contributed by atoms with Gasteiger partial charge in [0, 0.05) is 18.5 Å². The van der Waals surface area contributed by atoms with Crippen molar-refractivity contribution in [3.05, 3.63) is 42.5 Å². The normalized spacial score (nSPS) is 15.4. The van der Waals surface area contributed by atoms with Crippen molar-refractivity contribution in [2.75, 3.05) is 32.9 Å². The van der Waals surface area contributed by atoms with Gasteiger partial charge in [-0.3, -0.25) is 9.59 Å². The Labute approximate surface area is 145 Å². The van der Waals surface area contributed by atoms with Gasteiger partial charge in [-0.2, -0.15) is 5.26 Å². The Kier molecular flexibility index (Phi) is 5.26. The highest BCUT2D eigenvalue weighted by Gasteiger charge is 2.31. The third kappa shape index (κ3) is 3.78. The summed E-state index contributed by atoms with van der Waals surface area (Å²) in [7, 11) is 0. The molecule has 1 unspecified atom stereocenters. The van der Waals surface area contributed by atoms with E-state index in [-0.39, 0.29) is 6.61 Å². The Morgan fingerprint density at radius 3 is 2.64 bits per heavy atom. The first-order chi connectivity index (χ1) is 12.2. The highest BCUT2D eigenvalue weighted by atomic mass is 16.5. The van der Waals surface area contributed by atoms with Gasteiger partial charge in [0.1, 0.15) is 12.4 Å². The number of nitrogens with zero attached hydrogens (tertiary/aromatic N) is 2. The number of morpholine rings is 1. The first-order valence-corrected chi connectivity index (χ1v) is 8.10. The number of carbonyl (C=O) groups excluding carboxylic acids is 2. The zero-order chi connectivity index (χ0) is 17.6. The first-order valence-electron chi connectivity index (χ1n) is 8.10. The molecule has 1 fully saturated rings. The fraction of sp³-hybridized carbons (Fsp3) is 0.316. The molecular weight excluding hydrogens is 320 g/mol. The molecule has 0 aromatic heterocycles. The van der Waals surface area contributed by atoms with Gasteiger partial charge in [0.15, 0.2) is 11.7 Å². The number of amides is 1. The summed E-state index contributed by atoms with van der Waals surface area (Å²) in [4.78, 5) is 26.2. The van der Waals surface area contributed by atoms with Crippen molar-refractivity contribution in [1.29, 1.82) is 5.26 Å². The highest BCUT2D eigenvalue weighted by molar-refractivity contribution is 6.04. The van der Waals surface area contributed by atoms with Crippen LogP contribution in [0.1, 0.15) is 0 Å². The molecule has 0 radical (unpaired) electrons. The van der Waals surface area contributed by atoms with Crippen LogP contribution in [0.15, 0.2) is 42.5 Å². The summed E-state index contributed by atoms with van der Waals surface area (Å²) >= 11 is 0. The highest BCUT2D eigenvalue weighted by Crippen LogP contribution is 2.25. The molecule has 1 heterocycles. The lowest BCUT2D eigenvalue weighted by Crippen LogP contribution is -2.46. The molecule has 25 heavy (non-hydrogen) atoms. The Morgan fingerprint density at radius 1 is 1.16 bits per heavy atom. The smallest absolute Gasteiger partial charge is 0.247 e. The van der Waals surface area contributed by atoms with Crippen LogP contribution in [-0.2, 0) is 14.3 Å². The summed E-state index contributed by atoms with van der Waals surface area (Å²) in [6, 6.07) is 15.0. The van der Waals surface area contributed by atoms with Gasteiger partial charge in [0.2, 0.25) is 5.91 Å². The second kappa shape index (κ2) is 7.77. The van der Waals surface area contributed by atoms with Gasteiger partial charge in [0.05, 0.1) is 19.3 Å². The monoisotopic (exact) mass is 338 g/mol. The number of benzene rings is 2. The second-order valence-electron chi connectivity index (χ2n) is 5.73. The van der Waals surface area contributed by atoms with E-state index in [1.165, 1.54) is 4.90 Å². The number of hydrogen-bond donors (Lipinski definition) is 0. The summed E-state index contributed by atoms with van der Waals surface area (Å²) in [5.74, 6) is -1.79. The van der Waals surface area contributed by atoms with Gasteiger partial charge in [-0.05, 0) is 11.5 Å². The molecule has 1 atom stereocenters. The average molecular weight is 338 g/mol. The van der Waals surface area contributed by atoms with Crippen LogP contribution < -0.4 is 4.74 Å². The fourth-order valence-electron chi connectivity index (χ4n) is 2.79. The van der Waals surface area contributed by atoms with E-state index in [9.17, 15) is 14.9 Å². The van der Waals surface area contributed by atoms with Crippen molar-refractivity contribution in [3.8, 4) is 11.8 Å². The Balaban J connectivity index is 1.68. The maximum Gasteiger partial charge on any atom is 0.247 e. The zero-order valence-electron chi connectivity index (χ0n) is 13.7. The summed E-state index contributed by atoms with van der Waals surface area (Å²) in [5, 5.41) is 11.1. The van der Waals surface area contributed by atoms with E-state index in [4.69, 9.17) is 9.47 Å². The SMILES string of the molecule is N#CC(C(=O)COc1cccc2ccccc12)C(=O)N1CCOCC1. The molecule has 1 aliphatic rings. The predicted octanol–water partition coefficient (Wildman–Crippen LogP) is 1.79. The largest absolute Gasteiger partial charge is 0.485 e. The van der Waals surface area contributed by atoms with Gasteiger partial charge < -0.3 is 14.4 Å². The number of ketones is 1. The molecule has 0 spiro atoms. The maximum atomic E-state index is 12.4. The quantitative estimate of drug-likeness (QED) is 0.777. The molecular formula is C19H18N2O4. The lowest BCUT2D eigenvalue weighted by Gasteiger charge is -2.28. The predicted molar refractivity (Wildman–Crippen MR) is 91.0 cm³/mol. The fourth-order valence-corrected chi connectivity index (χ4v) is 2.79. The van der Waals surface area contributed by atoms with E-state index in [1.54, 1.807) is 6.07 Å². The summed E-state index contributed by atoms with van der Waals surface area (Å²) in [6.45, 7) is 1.32. The molecule has 0 bridgehead atoms. The molecule has 2 aromatic rings. The minimum Gasteiger partial charge on any atom is -0.485 e. The van der Waals surface area contributed by atoms with Crippen LogP contribution in [0.2, 0.25) is 0 Å². The van der Waals surface area contributed by atoms with Crippen LogP contribution in [-0.4, -0.2) is 49.5 Å². The molecule has 6 heteroatoms. The van der Waals surface area contributed by atoms with Crippen LogP contribution in [0.25, 0.3) is 10.8 Å². The van der Waals surface area contributed by atoms with Gasteiger partial charge >= 0.3 is 0 Å². The molecule has 2 aromatic carbocycles. The molecule has 128 valence electrons. The van der Waals surface area contributed by atoms with Crippen molar-refractivity contribution in [3.63, 3.8) is 0 Å². The van der Waals surface area contributed by atoms with E-state index >= 15 is 0 Å². The topological polar surface area (TPSA) is 79.6 Å². The lowest BCUT2D eigenvalue weighted by atomic mass is 10.0. The van der Waals surface area contributed by atoms with E-state index < -0.39 is 17.6 Å². The van der Waals surface area contributed by atoms with Crippen LogP contribution in [0.3, 0.4) is 0 Å². The van der Waals surface area contributed by atoms with Crippen LogP contribution >= 0.6 is 0 Å². The number of rotatable bonds is 5. The summed E-state index contributed by atoms with van der Waals surface area (Å²) in [6.07, 6.45) is 0. The van der Waals surface area contributed by atoms with E-state index in [0.717, 1.165) is 10.8 Å². The van der Waals surface area contributed by atoms with Crippen molar-refractivity contribution < 1.29 is 19.1 Å². The first kappa shape index (κ1) is 16.9. The van der Waals surface area contributed by atoms with Crippen LogP contribution in [0.4, 0.5) is 0 Å². The van der Waals surface area contributed by atoms with E-state index in [0.29, 0.717) is 32.1 Å². The molecule has 1 saturated heterocycles. The molecule has 0 saturated carbocycles. The molecule has 0 aliphatic carbocycles. The number of Topliss-reactive ketones (excluding diaryl/α,β-unsaturated/α-hetero) is 1. The van der Waals surface area contributed by atoms with Gasteiger partial charge in [-0.15, -0.1) is 0 Å². The minimum absolute atomic E-state index is 0.317. The number of carbonyl (C=O) groups is 2. The molecule has 1 amide bonds. The minimum atomic E-state index is -1.34. The van der Waals surface area contributed by atoms with E-state index in [1.807, 2.05) is 42.5 Å². The number of ether oxygens (including phenoxy) is 2. The molecule has 6 nitrogen and oxygen atoms in total. The van der Waals surface area contributed by atoms with Crippen LogP contribution in [0, 0.1) is 17.2 Å². The van der Waals surface area contributed by atoms with Crippen molar-refractivity contribution >= 4 is 22.5 Å². The molecule has 0 N–H and O–H groups in total. The summed E-state index contributed by atoms with van der Waals surface area (Å²) in [5.41, 5.74) is 0. The summed E-state index contributed by atoms with van der Waals surface area (Å²) < 4.78 is 10.8. The van der Waals surface area contributed by atoms with E-state index in [2.05, 4.69) is 0 Å². The van der Waals surface area contributed by atoms with Crippen LogP contribution in [0.5, 0.6) is 5.75 Å².